The number of methoxy groups -OCH3 is 2. The molecule has 2 amide bonds. The predicted molar refractivity (Wildman–Crippen MR) is 119 cm³/mol. The molecule has 3 rings (SSSR count). The van der Waals surface area contributed by atoms with Gasteiger partial charge in [0, 0.05) is 26.5 Å². The SMILES string of the molecule is CCC(=O)N(CCOC)CC(=O)N1N=C(c2ccc(OC)cc2)CC1c1ccccc1. The van der Waals surface area contributed by atoms with Crippen molar-refractivity contribution in [2.75, 3.05) is 33.9 Å². The lowest BCUT2D eigenvalue weighted by Gasteiger charge is -2.26. The summed E-state index contributed by atoms with van der Waals surface area (Å²) in [5.41, 5.74) is 2.78. The minimum atomic E-state index is -0.216. The van der Waals surface area contributed by atoms with E-state index in [-0.39, 0.29) is 24.4 Å². The van der Waals surface area contributed by atoms with Gasteiger partial charge in [0.2, 0.25) is 5.91 Å². The van der Waals surface area contributed by atoms with Gasteiger partial charge < -0.3 is 14.4 Å². The van der Waals surface area contributed by atoms with E-state index >= 15 is 0 Å². The fourth-order valence-corrected chi connectivity index (χ4v) is 3.59. The van der Waals surface area contributed by atoms with Crippen LogP contribution in [0, 0.1) is 0 Å². The first kappa shape index (κ1) is 22.5. The Hall–Kier alpha value is -3.19. The number of rotatable bonds is 9. The molecule has 7 heteroatoms. The van der Waals surface area contributed by atoms with Crippen LogP contribution in [-0.4, -0.2) is 61.4 Å². The summed E-state index contributed by atoms with van der Waals surface area (Å²) in [5.74, 6) is 0.470. The molecule has 0 N–H and O–H groups in total. The number of nitrogens with zero attached hydrogens (tertiary/aromatic N) is 3. The second-order valence-corrected chi connectivity index (χ2v) is 7.31. The van der Waals surface area contributed by atoms with E-state index in [1.165, 1.54) is 9.91 Å². The summed E-state index contributed by atoms with van der Waals surface area (Å²) in [6.45, 7) is 2.50. The Morgan fingerprint density at radius 3 is 2.42 bits per heavy atom. The molecule has 2 aromatic carbocycles. The molecule has 0 fully saturated rings. The fraction of sp³-hybridized carbons (Fsp3) is 0.375. The quantitative estimate of drug-likeness (QED) is 0.621. The average molecular weight is 424 g/mol. The Kier molecular flexibility index (Phi) is 7.78. The van der Waals surface area contributed by atoms with Gasteiger partial charge in [0.05, 0.1) is 25.5 Å². The second-order valence-electron chi connectivity index (χ2n) is 7.31. The van der Waals surface area contributed by atoms with Crippen molar-refractivity contribution >= 4 is 17.5 Å². The van der Waals surface area contributed by atoms with Crippen LogP contribution in [0.3, 0.4) is 0 Å². The Balaban J connectivity index is 1.86. The van der Waals surface area contributed by atoms with Crippen molar-refractivity contribution in [1.82, 2.24) is 9.91 Å². The van der Waals surface area contributed by atoms with Crippen LogP contribution in [0.5, 0.6) is 5.75 Å². The second kappa shape index (κ2) is 10.7. The number of amides is 2. The Bertz CT molecular complexity index is 912. The van der Waals surface area contributed by atoms with E-state index in [0.29, 0.717) is 26.0 Å². The van der Waals surface area contributed by atoms with E-state index in [1.54, 1.807) is 21.1 Å². The molecular weight excluding hydrogens is 394 g/mol. The van der Waals surface area contributed by atoms with Crippen LogP contribution in [0.15, 0.2) is 59.7 Å². The van der Waals surface area contributed by atoms with Crippen LogP contribution in [0.4, 0.5) is 0 Å². The van der Waals surface area contributed by atoms with Gasteiger partial charge in [0.1, 0.15) is 12.3 Å². The van der Waals surface area contributed by atoms with Gasteiger partial charge in [-0.3, -0.25) is 9.59 Å². The maximum absolute atomic E-state index is 13.3. The zero-order valence-corrected chi connectivity index (χ0v) is 18.3. The summed E-state index contributed by atoms with van der Waals surface area (Å²) in [4.78, 5) is 27.1. The first-order chi connectivity index (χ1) is 15.1. The zero-order chi connectivity index (χ0) is 22.2. The Labute approximate surface area is 183 Å². The molecule has 31 heavy (non-hydrogen) atoms. The van der Waals surface area contributed by atoms with Gasteiger partial charge in [-0.1, -0.05) is 37.3 Å². The molecule has 0 saturated carbocycles. The molecule has 0 aliphatic carbocycles. The Morgan fingerprint density at radius 2 is 1.81 bits per heavy atom. The van der Waals surface area contributed by atoms with Crippen molar-refractivity contribution in [2.45, 2.75) is 25.8 Å². The number of hydrogen-bond donors (Lipinski definition) is 0. The van der Waals surface area contributed by atoms with E-state index in [9.17, 15) is 9.59 Å². The third-order valence-corrected chi connectivity index (χ3v) is 5.32. The first-order valence-corrected chi connectivity index (χ1v) is 10.4. The van der Waals surface area contributed by atoms with Crippen LogP contribution < -0.4 is 4.74 Å². The lowest BCUT2D eigenvalue weighted by atomic mass is 9.98. The van der Waals surface area contributed by atoms with Gasteiger partial charge in [-0.25, -0.2) is 5.01 Å². The normalized spacial score (nSPS) is 15.5. The van der Waals surface area contributed by atoms with E-state index in [4.69, 9.17) is 9.47 Å². The maximum Gasteiger partial charge on any atom is 0.262 e. The average Bonchev–Trinajstić information content (AvgIpc) is 3.27. The van der Waals surface area contributed by atoms with Crippen LogP contribution >= 0.6 is 0 Å². The Morgan fingerprint density at radius 1 is 1.10 bits per heavy atom. The summed E-state index contributed by atoms with van der Waals surface area (Å²) < 4.78 is 10.3. The van der Waals surface area contributed by atoms with Gasteiger partial charge in [-0.05, 0) is 35.4 Å². The molecule has 0 radical (unpaired) electrons. The summed E-state index contributed by atoms with van der Waals surface area (Å²) in [6.07, 6.45) is 0.932. The van der Waals surface area contributed by atoms with Crippen molar-refractivity contribution in [3.63, 3.8) is 0 Å². The van der Waals surface area contributed by atoms with Crippen LogP contribution in [0.2, 0.25) is 0 Å². The summed E-state index contributed by atoms with van der Waals surface area (Å²) in [5, 5.41) is 6.21. The van der Waals surface area contributed by atoms with E-state index in [0.717, 1.165) is 22.6 Å². The number of carbonyl (C=O) groups is 2. The third kappa shape index (κ3) is 5.49. The minimum absolute atomic E-state index is 0.0290. The standard InChI is InChI=1S/C24H29N3O4/c1-4-23(28)26(14-15-30-2)17-24(29)27-22(19-8-6-5-7-9-19)16-21(25-27)18-10-12-20(31-3)13-11-18/h5-13,22H,4,14-17H2,1-3H3. The molecule has 1 aliphatic heterocycles. The molecule has 1 unspecified atom stereocenters. The molecule has 1 heterocycles. The number of ether oxygens (including phenoxy) is 2. The van der Waals surface area contributed by atoms with Gasteiger partial charge in [-0.15, -0.1) is 0 Å². The van der Waals surface area contributed by atoms with Crippen LogP contribution in [0.1, 0.15) is 36.9 Å². The highest BCUT2D eigenvalue weighted by Crippen LogP contribution is 2.33. The highest BCUT2D eigenvalue weighted by atomic mass is 16.5. The van der Waals surface area contributed by atoms with Crippen LogP contribution in [0.25, 0.3) is 0 Å². The predicted octanol–water partition coefficient (Wildman–Crippen LogP) is 3.26. The molecule has 7 nitrogen and oxygen atoms in total. The molecule has 164 valence electrons. The number of hydrogen-bond acceptors (Lipinski definition) is 5. The van der Waals surface area contributed by atoms with Crippen molar-refractivity contribution in [3.05, 3.63) is 65.7 Å². The van der Waals surface area contributed by atoms with Crippen molar-refractivity contribution in [2.24, 2.45) is 5.10 Å². The van der Waals surface area contributed by atoms with E-state index < -0.39 is 0 Å². The van der Waals surface area contributed by atoms with Gasteiger partial charge in [0.25, 0.3) is 5.91 Å². The highest BCUT2D eigenvalue weighted by Gasteiger charge is 2.34. The molecule has 2 aromatic rings. The first-order valence-electron chi connectivity index (χ1n) is 10.4. The molecule has 0 aromatic heterocycles. The largest absolute Gasteiger partial charge is 0.497 e. The maximum atomic E-state index is 13.3. The number of carbonyl (C=O) groups excluding carboxylic acids is 2. The van der Waals surface area contributed by atoms with Crippen molar-refractivity contribution < 1.29 is 19.1 Å². The highest BCUT2D eigenvalue weighted by molar-refractivity contribution is 6.03. The molecule has 0 saturated heterocycles. The van der Waals surface area contributed by atoms with Gasteiger partial charge >= 0.3 is 0 Å². The van der Waals surface area contributed by atoms with Gasteiger partial charge in [0.15, 0.2) is 0 Å². The lowest BCUT2D eigenvalue weighted by Crippen LogP contribution is -2.42. The van der Waals surface area contributed by atoms with Crippen molar-refractivity contribution in [3.8, 4) is 5.75 Å². The third-order valence-electron chi connectivity index (χ3n) is 5.32. The van der Waals surface area contributed by atoms with Crippen LogP contribution in [-0.2, 0) is 14.3 Å². The smallest absolute Gasteiger partial charge is 0.262 e. The molecular formula is C24H29N3O4. The molecule has 0 bridgehead atoms. The monoisotopic (exact) mass is 423 g/mol. The summed E-state index contributed by atoms with van der Waals surface area (Å²) in [7, 11) is 3.20. The zero-order valence-electron chi connectivity index (χ0n) is 18.3. The van der Waals surface area contributed by atoms with Crippen molar-refractivity contribution in [1.29, 1.82) is 0 Å². The summed E-state index contributed by atoms with van der Waals surface area (Å²) >= 11 is 0. The summed E-state index contributed by atoms with van der Waals surface area (Å²) in [6, 6.07) is 17.3. The number of hydrazone groups is 1. The molecule has 1 atom stereocenters. The lowest BCUT2D eigenvalue weighted by molar-refractivity contribution is -0.141. The fourth-order valence-electron chi connectivity index (χ4n) is 3.59. The topological polar surface area (TPSA) is 71.4 Å². The minimum Gasteiger partial charge on any atom is -0.497 e. The molecule has 1 aliphatic rings. The van der Waals surface area contributed by atoms with E-state index in [2.05, 4.69) is 5.10 Å². The molecule has 0 spiro atoms. The van der Waals surface area contributed by atoms with E-state index in [1.807, 2.05) is 54.6 Å². The number of benzene rings is 2. The van der Waals surface area contributed by atoms with Gasteiger partial charge in [-0.2, -0.15) is 5.10 Å².